The van der Waals surface area contributed by atoms with Crippen molar-refractivity contribution in [2.24, 2.45) is 0 Å². The van der Waals surface area contributed by atoms with Crippen LogP contribution in [0, 0.1) is 0 Å². The van der Waals surface area contributed by atoms with Crippen molar-refractivity contribution >= 4 is 35.0 Å². The molecule has 1 atom stereocenters. The van der Waals surface area contributed by atoms with Gasteiger partial charge in [-0.3, -0.25) is 0 Å². The van der Waals surface area contributed by atoms with Crippen LogP contribution in [0.5, 0.6) is 0 Å². The summed E-state index contributed by atoms with van der Waals surface area (Å²) in [5.74, 6) is 1.71. The first-order valence-corrected chi connectivity index (χ1v) is 6.28. The Bertz CT molecular complexity index is 328. The Kier molecular flexibility index (Phi) is 2.98. The first-order chi connectivity index (χ1) is 6.60. The first kappa shape index (κ1) is 10.6. The number of thioether (sulfide) groups is 1. The Morgan fingerprint density at radius 2 is 1.86 bits per heavy atom. The number of benzene rings is 1. The van der Waals surface area contributed by atoms with E-state index in [-0.39, 0.29) is 0 Å². The first-order valence-electron chi connectivity index (χ1n) is 4.37. The van der Waals surface area contributed by atoms with Crippen LogP contribution < -0.4 is 0 Å². The van der Waals surface area contributed by atoms with Crippen molar-refractivity contribution in [3.63, 3.8) is 0 Å². The molecule has 0 amide bonds. The molecule has 14 heavy (non-hydrogen) atoms. The average Bonchev–Trinajstić information content (AvgIpc) is 2.52. The molecule has 1 aromatic rings. The lowest BCUT2D eigenvalue weighted by Crippen LogP contribution is -2.24. The van der Waals surface area contributed by atoms with Gasteiger partial charge in [0.05, 0.1) is 5.60 Å². The van der Waals surface area contributed by atoms with Crippen LogP contribution in [0.3, 0.4) is 0 Å². The summed E-state index contributed by atoms with van der Waals surface area (Å²) in [6.07, 6.45) is 0.772. The molecular formula is C10H10Cl2OS. The molecule has 4 heteroatoms. The molecule has 1 aliphatic rings. The van der Waals surface area contributed by atoms with E-state index in [9.17, 15) is 5.11 Å². The summed E-state index contributed by atoms with van der Waals surface area (Å²) in [7, 11) is 0. The fourth-order valence-corrected chi connectivity index (χ4v) is 3.41. The zero-order chi connectivity index (χ0) is 10.2. The average molecular weight is 249 g/mol. The van der Waals surface area contributed by atoms with Crippen LogP contribution in [0.25, 0.3) is 0 Å². The molecule has 76 valence electrons. The van der Waals surface area contributed by atoms with E-state index in [0.29, 0.717) is 10.0 Å². The molecule has 0 aromatic heterocycles. The predicted molar refractivity (Wildman–Crippen MR) is 62.3 cm³/mol. The maximum absolute atomic E-state index is 10.3. The van der Waals surface area contributed by atoms with Gasteiger partial charge in [0.15, 0.2) is 0 Å². The van der Waals surface area contributed by atoms with Crippen molar-refractivity contribution in [3.05, 3.63) is 33.8 Å². The fraction of sp³-hybridized carbons (Fsp3) is 0.400. The van der Waals surface area contributed by atoms with Crippen LogP contribution in [0.2, 0.25) is 10.0 Å². The van der Waals surface area contributed by atoms with Gasteiger partial charge in [0, 0.05) is 15.8 Å². The number of halogens is 2. The quantitative estimate of drug-likeness (QED) is 0.823. The van der Waals surface area contributed by atoms with E-state index >= 15 is 0 Å². The van der Waals surface area contributed by atoms with Gasteiger partial charge in [-0.25, -0.2) is 0 Å². The number of hydrogen-bond donors (Lipinski definition) is 1. The van der Waals surface area contributed by atoms with Crippen LogP contribution in [0.1, 0.15) is 12.0 Å². The molecule has 0 saturated carbocycles. The maximum Gasteiger partial charge on any atom is 0.0995 e. The van der Waals surface area contributed by atoms with Crippen molar-refractivity contribution in [1.29, 1.82) is 0 Å². The van der Waals surface area contributed by atoms with Gasteiger partial charge < -0.3 is 5.11 Å². The summed E-state index contributed by atoms with van der Waals surface area (Å²) in [4.78, 5) is 0. The van der Waals surface area contributed by atoms with Gasteiger partial charge in [-0.05, 0) is 35.9 Å². The van der Waals surface area contributed by atoms with Crippen LogP contribution in [0.4, 0.5) is 0 Å². The molecule has 1 aromatic carbocycles. The van der Waals surface area contributed by atoms with Gasteiger partial charge in [-0.15, -0.1) is 0 Å². The molecule has 1 unspecified atom stereocenters. The van der Waals surface area contributed by atoms with Gasteiger partial charge in [-0.2, -0.15) is 11.8 Å². The highest BCUT2D eigenvalue weighted by Crippen LogP contribution is 2.38. The largest absolute Gasteiger partial charge is 0.384 e. The minimum Gasteiger partial charge on any atom is -0.384 e. The van der Waals surface area contributed by atoms with Gasteiger partial charge in [0.2, 0.25) is 0 Å². The number of rotatable bonds is 1. The van der Waals surface area contributed by atoms with E-state index in [1.807, 2.05) is 0 Å². The standard InChI is InChI=1S/C10H10Cl2OS/c11-8-3-7(4-9(12)5-8)10(13)1-2-14-6-10/h3-5,13H,1-2,6H2. The molecule has 1 aliphatic heterocycles. The topological polar surface area (TPSA) is 20.2 Å². The highest BCUT2D eigenvalue weighted by atomic mass is 35.5. The zero-order valence-electron chi connectivity index (χ0n) is 7.46. The van der Waals surface area contributed by atoms with Crippen LogP contribution >= 0.6 is 35.0 Å². The van der Waals surface area contributed by atoms with E-state index in [4.69, 9.17) is 23.2 Å². The van der Waals surface area contributed by atoms with Gasteiger partial charge in [-0.1, -0.05) is 23.2 Å². The number of hydrogen-bond acceptors (Lipinski definition) is 2. The molecule has 0 radical (unpaired) electrons. The Hall–Kier alpha value is 0.110. The third-order valence-electron chi connectivity index (χ3n) is 2.40. The third-order valence-corrected chi connectivity index (χ3v) is 4.01. The van der Waals surface area contributed by atoms with Crippen molar-refractivity contribution in [3.8, 4) is 0 Å². The Morgan fingerprint density at radius 3 is 2.36 bits per heavy atom. The van der Waals surface area contributed by atoms with Crippen LogP contribution in [-0.2, 0) is 5.60 Å². The van der Waals surface area contributed by atoms with Crippen molar-refractivity contribution in [1.82, 2.24) is 0 Å². The van der Waals surface area contributed by atoms with Gasteiger partial charge in [0.25, 0.3) is 0 Å². The molecule has 2 rings (SSSR count). The lowest BCUT2D eigenvalue weighted by atomic mass is 9.93. The van der Waals surface area contributed by atoms with E-state index in [1.54, 1.807) is 30.0 Å². The molecule has 1 heterocycles. The van der Waals surface area contributed by atoms with Crippen molar-refractivity contribution < 1.29 is 5.11 Å². The maximum atomic E-state index is 10.3. The monoisotopic (exact) mass is 248 g/mol. The molecule has 0 bridgehead atoms. The van der Waals surface area contributed by atoms with Gasteiger partial charge >= 0.3 is 0 Å². The van der Waals surface area contributed by atoms with Crippen molar-refractivity contribution in [2.45, 2.75) is 12.0 Å². The summed E-state index contributed by atoms with van der Waals surface area (Å²) in [5.41, 5.74) is 0.0964. The Morgan fingerprint density at radius 1 is 1.21 bits per heavy atom. The predicted octanol–water partition coefficient (Wildman–Crippen LogP) is 3.32. The summed E-state index contributed by atoms with van der Waals surface area (Å²) < 4.78 is 0. The molecule has 1 saturated heterocycles. The summed E-state index contributed by atoms with van der Waals surface area (Å²) in [5, 5.41) is 11.4. The van der Waals surface area contributed by atoms with Crippen LogP contribution in [-0.4, -0.2) is 16.6 Å². The molecule has 0 spiro atoms. The molecular weight excluding hydrogens is 239 g/mol. The Labute approximate surface area is 97.4 Å². The fourth-order valence-electron chi connectivity index (χ4n) is 1.60. The molecule has 1 nitrogen and oxygen atoms in total. The molecule has 1 fully saturated rings. The zero-order valence-corrected chi connectivity index (χ0v) is 9.79. The molecule has 0 aliphatic carbocycles. The second kappa shape index (κ2) is 3.93. The van der Waals surface area contributed by atoms with Crippen molar-refractivity contribution in [2.75, 3.05) is 11.5 Å². The second-order valence-corrected chi connectivity index (χ2v) is 5.47. The van der Waals surface area contributed by atoms with Crippen LogP contribution in [0.15, 0.2) is 18.2 Å². The SMILES string of the molecule is OC1(c2cc(Cl)cc(Cl)c2)CCSC1. The minimum absolute atomic E-state index is 0.581. The minimum atomic E-state index is -0.737. The highest BCUT2D eigenvalue weighted by molar-refractivity contribution is 7.99. The molecule has 1 N–H and O–H groups in total. The lowest BCUT2D eigenvalue weighted by molar-refractivity contribution is 0.0658. The number of aliphatic hydroxyl groups is 1. The van der Waals surface area contributed by atoms with E-state index in [1.165, 1.54) is 0 Å². The van der Waals surface area contributed by atoms with E-state index in [2.05, 4.69) is 0 Å². The van der Waals surface area contributed by atoms with E-state index < -0.39 is 5.60 Å². The third kappa shape index (κ3) is 2.03. The lowest BCUT2D eigenvalue weighted by Gasteiger charge is -2.22. The highest BCUT2D eigenvalue weighted by Gasteiger charge is 2.33. The smallest absolute Gasteiger partial charge is 0.0995 e. The van der Waals surface area contributed by atoms with E-state index in [0.717, 1.165) is 23.5 Å². The second-order valence-electron chi connectivity index (χ2n) is 3.49. The Balaban J connectivity index is 2.40. The summed E-state index contributed by atoms with van der Waals surface area (Å²) >= 11 is 13.5. The summed E-state index contributed by atoms with van der Waals surface area (Å²) in [6.45, 7) is 0. The van der Waals surface area contributed by atoms with Gasteiger partial charge in [0.1, 0.15) is 0 Å². The normalized spacial score (nSPS) is 26.8. The summed E-state index contributed by atoms with van der Waals surface area (Å²) in [6, 6.07) is 5.26.